The van der Waals surface area contributed by atoms with Gasteiger partial charge in [-0.3, -0.25) is 14.4 Å². The zero-order valence-electron chi connectivity index (χ0n) is 17.8. The summed E-state index contributed by atoms with van der Waals surface area (Å²) < 4.78 is 0. The number of carbonyl (C=O) groups excluding carboxylic acids is 2. The van der Waals surface area contributed by atoms with Gasteiger partial charge >= 0.3 is 0 Å². The fraction of sp³-hybridized carbons (Fsp3) is 0.364. The second kappa shape index (κ2) is 7.79. The fourth-order valence-corrected chi connectivity index (χ4v) is 4.54. The number of Topliss-reactive ketones (excluding diaryl/α,β-unsaturated/α-hetero) is 1. The lowest BCUT2D eigenvalue weighted by Crippen LogP contribution is -2.37. The molecule has 5 heterocycles. The molecule has 3 aromatic rings. The summed E-state index contributed by atoms with van der Waals surface area (Å²) in [5.41, 5.74) is 1.29. The number of hydrogen-bond acceptors (Lipinski definition) is 8. The van der Waals surface area contributed by atoms with Crippen molar-refractivity contribution in [3.8, 4) is 0 Å². The summed E-state index contributed by atoms with van der Waals surface area (Å²) in [5.74, 6) is 0.572. The number of H-pyrrole nitrogens is 1. The van der Waals surface area contributed by atoms with E-state index >= 15 is 0 Å². The standard InChI is InChI=1S/C22H23N7O3/c1-11-16-9-24-22(28-20(16)27-21(32)19(11)12(2)30)26-17-6-5-15(8-23-17)29-10-14-4-3-13(25-14)7-18(29)31/h5-6,8-9,13-14,25H,3-4,7,10H2,1-2H3,(H2,23,24,26,27,28,32)/t13-,14+/m0/s1. The lowest BCUT2D eigenvalue weighted by molar-refractivity contribution is -0.118. The molecule has 0 saturated carbocycles. The van der Waals surface area contributed by atoms with Crippen LogP contribution in [0.15, 0.2) is 29.3 Å². The van der Waals surface area contributed by atoms with Crippen molar-refractivity contribution in [2.75, 3.05) is 16.8 Å². The van der Waals surface area contributed by atoms with Gasteiger partial charge in [-0.25, -0.2) is 9.97 Å². The van der Waals surface area contributed by atoms with Gasteiger partial charge in [0.2, 0.25) is 11.9 Å². The normalized spacial score (nSPS) is 20.4. The molecule has 0 aromatic carbocycles. The Balaban J connectivity index is 1.37. The van der Waals surface area contributed by atoms with Gasteiger partial charge in [-0.15, -0.1) is 0 Å². The molecular weight excluding hydrogens is 410 g/mol. The van der Waals surface area contributed by atoms with E-state index in [2.05, 4.69) is 30.6 Å². The van der Waals surface area contributed by atoms with Crippen LogP contribution in [0.5, 0.6) is 0 Å². The quantitative estimate of drug-likeness (QED) is 0.531. The molecule has 5 rings (SSSR count). The number of anilines is 3. The van der Waals surface area contributed by atoms with Gasteiger partial charge in [0.15, 0.2) is 5.78 Å². The number of ketones is 1. The number of pyridine rings is 2. The van der Waals surface area contributed by atoms with Crippen LogP contribution in [-0.4, -0.2) is 50.3 Å². The molecule has 0 unspecified atom stereocenters. The molecule has 3 N–H and O–H groups in total. The molecule has 10 nitrogen and oxygen atoms in total. The summed E-state index contributed by atoms with van der Waals surface area (Å²) in [5, 5.41) is 7.12. The number of fused-ring (bicyclic) bond motifs is 3. The van der Waals surface area contributed by atoms with E-state index < -0.39 is 5.56 Å². The molecule has 10 heteroatoms. The van der Waals surface area contributed by atoms with Gasteiger partial charge in [0.05, 0.1) is 17.4 Å². The Morgan fingerprint density at radius 3 is 2.72 bits per heavy atom. The molecule has 2 aliphatic rings. The van der Waals surface area contributed by atoms with Crippen molar-refractivity contribution < 1.29 is 9.59 Å². The molecule has 2 saturated heterocycles. The molecule has 0 radical (unpaired) electrons. The second-order valence-corrected chi connectivity index (χ2v) is 8.34. The van der Waals surface area contributed by atoms with Crippen LogP contribution in [0.4, 0.5) is 17.5 Å². The molecular formula is C22H23N7O3. The molecule has 0 aliphatic carbocycles. The largest absolute Gasteiger partial charge is 0.309 e. The van der Waals surface area contributed by atoms with Crippen molar-refractivity contribution in [3.63, 3.8) is 0 Å². The third-order valence-electron chi connectivity index (χ3n) is 6.14. The van der Waals surface area contributed by atoms with Crippen molar-refractivity contribution in [3.05, 3.63) is 46.0 Å². The van der Waals surface area contributed by atoms with Crippen LogP contribution < -0.4 is 21.1 Å². The summed E-state index contributed by atoms with van der Waals surface area (Å²) in [6, 6.07) is 4.21. The first-order chi connectivity index (χ1) is 15.4. The number of aryl methyl sites for hydroxylation is 1. The average Bonchev–Trinajstić information content (AvgIpc) is 3.11. The smallest absolute Gasteiger partial charge is 0.260 e. The number of hydrogen-bond donors (Lipinski definition) is 3. The van der Waals surface area contributed by atoms with Gasteiger partial charge < -0.3 is 20.5 Å². The van der Waals surface area contributed by atoms with Crippen molar-refractivity contribution in [1.29, 1.82) is 0 Å². The summed E-state index contributed by atoms with van der Waals surface area (Å²) in [6.45, 7) is 3.71. The minimum absolute atomic E-state index is 0.106. The number of nitrogens with zero attached hydrogens (tertiary/aromatic N) is 4. The lowest BCUT2D eigenvalue weighted by atomic mass is 10.1. The monoisotopic (exact) mass is 433 g/mol. The number of aromatic amines is 1. The molecule has 2 atom stereocenters. The van der Waals surface area contributed by atoms with E-state index in [1.54, 1.807) is 30.3 Å². The molecule has 2 fully saturated rings. The molecule has 164 valence electrons. The van der Waals surface area contributed by atoms with E-state index in [1.807, 2.05) is 6.07 Å². The fourth-order valence-electron chi connectivity index (χ4n) is 4.54. The highest BCUT2D eigenvalue weighted by Crippen LogP contribution is 2.26. The Morgan fingerprint density at radius 2 is 1.97 bits per heavy atom. The summed E-state index contributed by atoms with van der Waals surface area (Å²) in [7, 11) is 0. The highest BCUT2D eigenvalue weighted by Gasteiger charge is 2.34. The molecule has 0 spiro atoms. The molecule has 1 amide bonds. The SMILES string of the molecule is CC(=O)c1c(C)c2cnc(Nc3ccc(N4C[C@H]5CC[C@@H](CC4=O)N5)cn3)nc2[nH]c1=O. The minimum atomic E-state index is -0.472. The first kappa shape index (κ1) is 20.3. The zero-order chi connectivity index (χ0) is 22.4. The van der Waals surface area contributed by atoms with Crippen LogP contribution in [0.25, 0.3) is 11.0 Å². The zero-order valence-corrected chi connectivity index (χ0v) is 17.8. The Bertz CT molecular complexity index is 1290. The molecule has 2 aliphatic heterocycles. The first-order valence-corrected chi connectivity index (χ1v) is 10.6. The van der Waals surface area contributed by atoms with E-state index in [4.69, 9.17) is 0 Å². The number of rotatable bonds is 4. The van der Waals surface area contributed by atoms with Gasteiger partial charge in [0.1, 0.15) is 11.5 Å². The van der Waals surface area contributed by atoms with Crippen molar-refractivity contribution >= 4 is 40.2 Å². The maximum absolute atomic E-state index is 12.6. The Hall–Kier alpha value is -3.66. The van der Waals surface area contributed by atoms with Crippen LogP contribution in [0.2, 0.25) is 0 Å². The molecule has 32 heavy (non-hydrogen) atoms. The molecule has 3 aromatic heterocycles. The van der Waals surface area contributed by atoms with Crippen molar-refractivity contribution in [2.24, 2.45) is 0 Å². The number of nitrogens with one attached hydrogen (secondary N) is 3. The Kier molecular flexibility index (Phi) is 4.93. The van der Waals surface area contributed by atoms with Gasteiger partial charge in [0, 0.05) is 36.6 Å². The van der Waals surface area contributed by atoms with E-state index in [0.717, 1.165) is 18.5 Å². The Labute approximate surface area is 183 Å². The lowest BCUT2D eigenvalue weighted by Gasteiger charge is -2.24. The van der Waals surface area contributed by atoms with Gasteiger partial charge in [-0.05, 0) is 44.4 Å². The third kappa shape index (κ3) is 3.62. The maximum atomic E-state index is 12.6. The van der Waals surface area contributed by atoms with Crippen molar-refractivity contribution in [2.45, 2.75) is 45.2 Å². The predicted molar refractivity (Wildman–Crippen MR) is 119 cm³/mol. The van der Waals surface area contributed by atoms with Gasteiger partial charge in [-0.1, -0.05) is 0 Å². The first-order valence-electron chi connectivity index (χ1n) is 10.6. The predicted octanol–water partition coefficient (Wildman–Crippen LogP) is 1.83. The topological polar surface area (TPSA) is 133 Å². The summed E-state index contributed by atoms with van der Waals surface area (Å²) in [6.07, 6.45) is 5.86. The van der Waals surface area contributed by atoms with E-state index in [-0.39, 0.29) is 29.2 Å². The third-order valence-corrected chi connectivity index (χ3v) is 6.14. The van der Waals surface area contributed by atoms with Crippen LogP contribution >= 0.6 is 0 Å². The Morgan fingerprint density at radius 1 is 1.16 bits per heavy atom. The van der Waals surface area contributed by atoms with E-state index in [0.29, 0.717) is 41.4 Å². The number of amides is 1. The minimum Gasteiger partial charge on any atom is -0.309 e. The van der Waals surface area contributed by atoms with Crippen LogP contribution in [0.1, 0.15) is 42.1 Å². The van der Waals surface area contributed by atoms with E-state index in [9.17, 15) is 14.4 Å². The number of carbonyl (C=O) groups is 2. The summed E-state index contributed by atoms with van der Waals surface area (Å²) in [4.78, 5) is 54.1. The van der Waals surface area contributed by atoms with Crippen LogP contribution in [-0.2, 0) is 4.79 Å². The second-order valence-electron chi connectivity index (χ2n) is 8.34. The van der Waals surface area contributed by atoms with Gasteiger partial charge in [0.25, 0.3) is 5.56 Å². The van der Waals surface area contributed by atoms with Gasteiger partial charge in [-0.2, -0.15) is 4.98 Å². The highest BCUT2D eigenvalue weighted by atomic mass is 16.2. The average molecular weight is 433 g/mol. The highest BCUT2D eigenvalue weighted by molar-refractivity contribution is 5.99. The van der Waals surface area contributed by atoms with E-state index in [1.165, 1.54) is 6.92 Å². The molecule has 2 bridgehead atoms. The maximum Gasteiger partial charge on any atom is 0.260 e. The summed E-state index contributed by atoms with van der Waals surface area (Å²) >= 11 is 0. The van der Waals surface area contributed by atoms with Crippen LogP contribution in [0.3, 0.4) is 0 Å². The number of aromatic nitrogens is 4. The van der Waals surface area contributed by atoms with Crippen molar-refractivity contribution in [1.82, 2.24) is 25.3 Å². The van der Waals surface area contributed by atoms with Crippen LogP contribution in [0, 0.1) is 6.92 Å².